The van der Waals surface area contributed by atoms with E-state index in [1.54, 1.807) is 6.07 Å². The van der Waals surface area contributed by atoms with Crippen LogP contribution >= 0.6 is 35.0 Å². The van der Waals surface area contributed by atoms with Crippen LogP contribution in [0, 0.1) is 5.82 Å². The van der Waals surface area contributed by atoms with Gasteiger partial charge in [-0.25, -0.2) is 4.39 Å². The van der Waals surface area contributed by atoms with Gasteiger partial charge in [0, 0.05) is 5.02 Å². The molecule has 1 rings (SSSR count). The highest BCUT2D eigenvalue weighted by atomic mass is 35.5. The SMILES string of the molecule is CCSCCC(C)(C)c1cc(Cl)cc(Cl)c1F. The van der Waals surface area contributed by atoms with Gasteiger partial charge >= 0.3 is 0 Å². The first-order valence-electron chi connectivity index (χ1n) is 5.61. The quantitative estimate of drug-likeness (QED) is 0.506. The first-order valence-corrected chi connectivity index (χ1v) is 7.52. The van der Waals surface area contributed by atoms with Crippen LogP contribution in [0.15, 0.2) is 12.1 Å². The number of hydrogen-bond donors (Lipinski definition) is 0. The molecule has 96 valence electrons. The molecule has 0 aromatic heterocycles. The Kier molecular flexibility index (Phi) is 5.62. The van der Waals surface area contributed by atoms with E-state index in [9.17, 15) is 4.39 Å². The average Bonchev–Trinajstić information content (AvgIpc) is 2.23. The van der Waals surface area contributed by atoms with Crippen LogP contribution in [-0.2, 0) is 5.41 Å². The van der Waals surface area contributed by atoms with Crippen molar-refractivity contribution in [3.63, 3.8) is 0 Å². The fourth-order valence-corrected chi connectivity index (χ4v) is 3.09. The summed E-state index contributed by atoms with van der Waals surface area (Å²) in [6.07, 6.45) is 0.902. The van der Waals surface area contributed by atoms with E-state index in [0.29, 0.717) is 10.6 Å². The first kappa shape index (κ1) is 15.1. The Labute approximate surface area is 117 Å². The summed E-state index contributed by atoms with van der Waals surface area (Å²) in [7, 11) is 0. The zero-order valence-electron chi connectivity index (χ0n) is 10.3. The van der Waals surface area contributed by atoms with Crippen LogP contribution in [0.2, 0.25) is 10.0 Å². The van der Waals surface area contributed by atoms with Gasteiger partial charge < -0.3 is 0 Å². The van der Waals surface area contributed by atoms with Gasteiger partial charge in [0.15, 0.2) is 0 Å². The lowest BCUT2D eigenvalue weighted by Gasteiger charge is -2.26. The number of benzene rings is 1. The summed E-state index contributed by atoms with van der Waals surface area (Å²) < 4.78 is 14.0. The second kappa shape index (κ2) is 6.31. The lowest BCUT2D eigenvalue weighted by Crippen LogP contribution is -2.20. The predicted molar refractivity (Wildman–Crippen MR) is 77.1 cm³/mol. The molecule has 0 radical (unpaired) electrons. The van der Waals surface area contributed by atoms with Gasteiger partial charge in [-0.1, -0.05) is 44.0 Å². The van der Waals surface area contributed by atoms with E-state index >= 15 is 0 Å². The van der Waals surface area contributed by atoms with Gasteiger partial charge in [0.1, 0.15) is 5.82 Å². The van der Waals surface area contributed by atoms with Gasteiger partial charge in [-0.05, 0) is 41.0 Å². The third-order valence-corrected chi connectivity index (χ3v) is 4.19. The molecule has 0 atom stereocenters. The third-order valence-electron chi connectivity index (χ3n) is 2.80. The Bertz CT molecular complexity index is 391. The zero-order chi connectivity index (χ0) is 13.1. The largest absolute Gasteiger partial charge is 0.205 e. The van der Waals surface area contributed by atoms with Crippen LogP contribution in [0.4, 0.5) is 4.39 Å². The Morgan fingerprint density at radius 3 is 2.53 bits per heavy atom. The lowest BCUT2D eigenvalue weighted by atomic mass is 9.82. The Morgan fingerprint density at radius 2 is 1.94 bits per heavy atom. The minimum Gasteiger partial charge on any atom is -0.205 e. The van der Waals surface area contributed by atoms with Crippen molar-refractivity contribution in [2.24, 2.45) is 0 Å². The Morgan fingerprint density at radius 1 is 1.29 bits per heavy atom. The molecule has 0 bridgehead atoms. The van der Waals surface area contributed by atoms with Gasteiger partial charge in [0.05, 0.1) is 5.02 Å². The fourth-order valence-electron chi connectivity index (χ4n) is 1.65. The molecule has 0 fully saturated rings. The second-order valence-electron chi connectivity index (χ2n) is 4.58. The maximum Gasteiger partial charge on any atom is 0.145 e. The molecular weight excluding hydrogens is 278 g/mol. The molecule has 0 heterocycles. The molecule has 17 heavy (non-hydrogen) atoms. The van der Waals surface area contributed by atoms with Crippen molar-refractivity contribution < 1.29 is 4.39 Å². The smallest absolute Gasteiger partial charge is 0.145 e. The zero-order valence-corrected chi connectivity index (χ0v) is 12.6. The molecule has 0 nitrogen and oxygen atoms in total. The number of rotatable bonds is 5. The van der Waals surface area contributed by atoms with Gasteiger partial charge in [0.2, 0.25) is 0 Å². The summed E-state index contributed by atoms with van der Waals surface area (Å²) in [6.45, 7) is 6.16. The van der Waals surface area contributed by atoms with Crippen molar-refractivity contribution in [2.75, 3.05) is 11.5 Å². The molecular formula is C13H17Cl2FS. The molecule has 0 spiro atoms. The molecule has 0 aliphatic rings. The van der Waals surface area contributed by atoms with Crippen molar-refractivity contribution in [3.8, 4) is 0 Å². The van der Waals surface area contributed by atoms with E-state index < -0.39 is 0 Å². The molecule has 4 heteroatoms. The Balaban J connectivity index is 2.97. The summed E-state index contributed by atoms with van der Waals surface area (Å²) in [4.78, 5) is 0. The number of halogens is 3. The maximum absolute atomic E-state index is 14.0. The molecule has 0 unspecified atom stereocenters. The average molecular weight is 295 g/mol. The van der Waals surface area contributed by atoms with Crippen molar-refractivity contribution in [3.05, 3.63) is 33.6 Å². The molecule has 0 aliphatic heterocycles. The molecule has 0 amide bonds. The van der Waals surface area contributed by atoms with Crippen LogP contribution in [0.5, 0.6) is 0 Å². The van der Waals surface area contributed by atoms with Gasteiger partial charge in [-0.2, -0.15) is 11.8 Å². The summed E-state index contributed by atoms with van der Waals surface area (Å²) in [5.41, 5.74) is 0.354. The highest BCUT2D eigenvalue weighted by Gasteiger charge is 2.25. The fraction of sp³-hybridized carbons (Fsp3) is 0.538. The summed E-state index contributed by atoms with van der Waals surface area (Å²) in [6, 6.07) is 3.12. The maximum atomic E-state index is 14.0. The van der Waals surface area contributed by atoms with Gasteiger partial charge in [-0.15, -0.1) is 0 Å². The monoisotopic (exact) mass is 294 g/mol. The standard InChI is InChI=1S/C13H17Cl2FS/c1-4-17-6-5-13(2,3)10-7-9(14)8-11(15)12(10)16/h7-8H,4-6H2,1-3H3. The number of hydrogen-bond acceptors (Lipinski definition) is 1. The molecule has 0 N–H and O–H groups in total. The summed E-state index contributed by atoms with van der Waals surface area (Å²) in [5.74, 6) is 1.74. The van der Waals surface area contributed by atoms with Gasteiger partial charge in [-0.3, -0.25) is 0 Å². The van der Waals surface area contributed by atoms with E-state index in [1.807, 2.05) is 25.6 Å². The highest BCUT2D eigenvalue weighted by molar-refractivity contribution is 7.99. The van der Waals surface area contributed by atoms with Crippen molar-refractivity contribution in [1.29, 1.82) is 0 Å². The minimum atomic E-state index is -0.345. The van der Waals surface area contributed by atoms with Crippen molar-refractivity contribution >= 4 is 35.0 Å². The van der Waals surface area contributed by atoms with E-state index in [1.165, 1.54) is 6.07 Å². The molecule has 1 aromatic rings. The topological polar surface area (TPSA) is 0 Å². The van der Waals surface area contributed by atoms with Crippen LogP contribution in [-0.4, -0.2) is 11.5 Å². The van der Waals surface area contributed by atoms with Crippen LogP contribution < -0.4 is 0 Å². The minimum absolute atomic E-state index is 0.101. The predicted octanol–water partition coefficient (Wildman–Crippen LogP) is 5.55. The molecule has 0 saturated heterocycles. The van der Waals surface area contributed by atoms with E-state index in [0.717, 1.165) is 17.9 Å². The van der Waals surface area contributed by atoms with Crippen LogP contribution in [0.25, 0.3) is 0 Å². The number of thioether (sulfide) groups is 1. The van der Waals surface area contributed by atoms with E-state index in [2.05, 4.69) is 6.92 Å². The summed E-state index contributed by atoms with van der Waals surface area (Å²) in [5, 5.41) is 0.589. The van der Waals surface area contributed by atoms with Gasteiger partial charge in [0.25, 0.3) is 0 Å². The second-order valence-corrected chi connectivity index (χ2v) is 6.82. The third kappa shape index (κ3) is 4.04. The van der Waals surface area contributed by atoms with Crippen LogP contribution in [0.3, 0.4) is 0 Å². The van der Waals surface area contributed by atoms with Crippen molar-refractivity contribution in [2.45, 2.75) is 32.6 Å². The normalized spacial score (nSPS) is 11.9. The van der Waals surface area contributed by atoms with Crippen molar-refractivity contribution in [1.82, 2.24) is 0 Å². The molecule has 0 saturated carbocycles. The van der Waals surface area contributed by atoms with E-state index in [4.69, 9.17) is 23.2 Å². The summed E-state index contributed by atoms with van der Waals surface area (Å²) >= 11 is 13.6. The van der Waals surface area contributed by atoms with E-state index in [-0.39, 0.29) is 16.3 Å². The van der Waals surface area contributed by atoms with Crippen LogP contribution in [0.1, 0.15) is 32.8 Å². The molecule has 1 aromatic carbocycles. The molecule has 0 aliphatic carbocycles. The Hall–Kier alpha value is 0.0800. The lowest BCUT2D eigenvalue weighted by molar-refractivity contribution is 0.473. The highest BCUT2D eigenvalue weighted by Crippen LogP contribution is 2.35. The first-order chi connectivity index (χ1) is 7.88.